The van der Waals surface area contributed by atoms with Gasteiger partial charge in [-0.05, 0) is 26.0 Å². The van der Waals surface area contributed by atoms with Gasteiger partial charge in [-0.1, -0.05) is 0 Å². The number of allylic oxidation sites excluding steroid dienone is 1. The molecule has 0 bridgehead atoms. The zero-order valence-electron chi connectivity index (χ0n) is 12.9. The van der Waals surface area contributed by atoms with Crippen molar-refractivity contribution in [2.75, 3.05) is 0 Å². The molecule has 24 heavy (non-hydrogen) atoms. The quantitative estimate of drug-likeness (QED) is 0.754. The van der Waals surface area contributed by atoms with Crippen LogP contribution in [0.15, 0.2) is 30.2 Å². The number of ether oxygens (including phenoxy) is 2. The van der Waals surface area contributed by atoms with Crippen molar-refractivity contribution in [2.24, 2.45) is 11.8 Å². The van der Waals surface area contributed by atoms with Crippen LogP contribution in [0.4, 0.5) is 0 Å². The lowest BCUT2D eigenvalue weighted by molar-refractivity contribution is -0.158. The van der Waals surface area contributed by atoms with Crippen molar-refractivity contribution in [1.29, 1.82) is 0 Å². The molecule has 1 aliphatic carbocycles. The van der Waals surface area contributed by atoms with Crippen LogP contribution in [0.5, 0.6) is 0 Å². The number of carbonyl (C=O) groups excluding carboxylic acids is 4. The number of aromatic nitrogens is 1. The van der Waals surface area contributed by atoms with Gasteiger partial charge in [0, 0.05) is 11.8 Å². The molecule has 126 valence electrons. The molecular weight excluding hydrogens is 318 g/mol. The normalized spacial score (nSPS) is 32.0. The van der Waals surface area contributed by atoms with Crippen LogP contribution in [0.3, 0.4) is 0 Å². The number of carbonyl (C=O) groups is 4. The Hall–Kier alpha value is -2.74. The van der Waals surface area contributed by atoms with E-state index in [9.17, 15) is 24.3 Å². The molecule has 4 atom stereocenters. The van der Waals surface area contributed by atoms with Crippen LogP contribution in [0, 0.1) is 11.8 Å². The van der Waals surface area contributed by atoms with Crippen molar-refractivity contribution >= 4 is 23.5 Å². The lowest BCUT2D eigenvalue weighted by atomic mass is 9.80. The topological polar surface area (TPSA) is 123 Å². The Labute approximate surface area is 136 Å². The van der Waals surface area contributed by atoms with Crippen LogP contribution >= 0.6 is 0 Å². The van der Waals surface area contributed by atoms with E-state index in [1.807, 2.05) is 0 Å². The molecule has 8 nitrogen and oxygen atoms in total. The van der Waals surface area contributed by atoms with Crippen LogP contribution in [-0.4, -0.2) is 45.3 Å². The maximum atomic E-state index is 12.7. The molecule has 0 aromatic carbocycles. The van der Waals surface area contributed by atoms with Crippen molar-refractivity contribution in [3.63, 3.8) is 0 Å². The molecule has 1 saturated carbocycles. The number of cyclic esters (lactones) is 1. The summed E-state index contributed by atoms with van der Waals surface area (Å²) in [6.07, 6.45) is 0.838. The smallest absolute Gasteiger partial charge is 0.355 e. The van der Waals surface area contributed by atoms with Gasteiger partial charge in [-0.3, -0.25) is 14.4 Å². The second-order valence-corrected chi connectivity index (χ2v) is 6.02. The van der Waals surface area contributed by atoms with E-state index in [1.165, 1.54) is 26.1 Å². The number of ketones is 2. The number of rotatable bonds is 3. The monoisotopic (exact) mass is 333 g/mol. The van der Waals surface area contributed by atoms with E-state index >= 15 is 0 Å². The zero-order chi connectivity index (χ0) is 17.6. The predicted molar refractivity (Wildman–Crippen MR) is 77.5 cm³/mol. The number of aromatic amines is 1. The third-order valence-electron chi connectivity index (χ3n) is 4.40. The molecule has 0 saturated heterocycles. The Morgan fingerprint density at radius 3 is 2.67 bits per heavy atom. The average molecular weight is 333 g/mol. The van der Waals surface area contributed by atoms with E-state index < -0.39 is 47.0 Å². The van der Waals surface area contributed by atoms with Gasteiger partial charge in [0.1, 0.15) is 23.5 Å². The van der Waals surface area contributed by atoms with Crippen molar-refractivity contribution < 1.29 is 33.8 Å². The first-order valence-electron chi connectivity index (χ1n) is 7.27. The highest BCUT2D eigenvalue weighted by Crippen LogP contribution is 2.46. The van der Waals surface area contributed by atoms with Crippen molar-refractivity contribution in [3.05, 3.63) is 35.9 Å². The predicted octanol–water partition coefficient (Wildman–Crippen LogP) is 0.136. The fraction of sp³-hybridized carbons (Fsp3) is 0.375. The van der Waals surface area contributed by atoms with Gasteiger partial charge >= 0.3 is 11.9 Å². The number of hydrogen-bond donors (Lipinski definition) is 2. The molecule has 0 spiro atoms. The van der Waals surface area contributed by atoms with Gasteiger partial charge in [0.25, 0.3) is 0 Å². The van der Waals surface area contributed by atoms with E-state index in [-0.39, 0.29) is 11.3 Å². The molecule has 1 fully saturated rings. The SMILES string of the molecule is CC(=O)C1=COC(=O)[C@H]2[C@@H]1C(=O)[C@H](OC(=O)c1ccc[nH]1)[C@]2(C)O. The van der Waals surface area contributed by atoms with Gasteiger partial charge in [-0.25, -0.2) is 4.79 Å². The first-order valence-corrected chi connectivity index (χ1v) is 7.27. The molecule has 0 radical (unpaired) electrons. The third kappa shape index (κ3) is 2.26. The highest BCUT2D eigenvalue weighted by atomic mass is 16.6. The number of H-pyrrole nitrogens is 1. The first-order chi connectivity index (χ1) is 11.2. The number of nitrogens with one attached hydrogen (secondary N) is 1. The van der Waals surface area contributed by atoms with Crippen molar-refractivity contribution in [1.82, 2.24) is 4.98 Å². The number of Topliss-reactive ketones (excluding diaryl/α,β-unsaturated/α-hetero) is 2. The zero-order valence-corrected chi connectivity index (χ0v) is 12.9. The number of hydrogen-bond acceptors (Lipinski definition) is 7. The van der Waals surface area contributed by atoms with E-state index in [0.29, 0.717) is 0 Å². The van der Waals surface area contributed by atoms with Crippen LogP contribution in [0.1, 0.15) is 24.3 Å². The average Bonchev–Trinajstić information content (AvgIpc) is 3.10. The summed E-state index contributed by atoms with van der Waals surface area (Å²) in [5.41, 5.74) is -1.92. The van der Waals surface area contributed by atoms with Gasteiger partial charge in [0.05, 0.1) is 5.92 Å². The summed E-state index contributed by atoms with van der Waals surface area (Å²) in [6, 6.07) is 3.01. The summed E-state index contributed by atoms with van der Waals surface area (Å²) < 4.78 is 9.93. The first kappa shape index (κ1) is 16.1. The summed E-state index contributed by atoms with van der Waals surface area (Å²) in [5.74, 6) is -5.36. The highest BCUT2D eigenvalue weighted by molar-refractivity contribution is 6.08. The van der Waals surface area contributed by atoms with Gasteiger partial charge < -0.3 is 19.6 Å². The molecule has 3 rings (SSSR count). The summed E-state index contributed by atoms with van der Waals surface area (Å²) in [5, 5.41) is 10.7. The Morgan fingerprint density at radius 2 is 2.08 bits per heavy atom. The number of esters is 2. The minimum absolute atomic E-state index is 0.0247. The number of fused-ring (bicyclic) bond motifs is 1. The van der Waals surface area contributed by atoms with Crippen LogP contribution in [0.2, 0.25) is 0 Å². The lowest BCUT2D eigenvalue weighted by Gasteiger charge is -2.30. The molecule has 8 heteroatoms. The molecule has 2 aliphatic rings. The Bertz CT molecular complexity index is 759. The van der Waals surface area contributed by atoms with E-state index in [0.717, 1.165) is 6.26 Å². The van der Waals surface area contributed by atoms with Crippen LogP contribution in [-0.2, 0) is 23.9 Å². The molecule has 2 heterocycles. The molecule has 2 N–H and O–H groups in total. The molecule has 1 aromatic rings. The summed E-state index contributed by atoms with van der Waals surface area (Å²) in [7, 11) is 0. The maximum Gasteiger partial charge on any atom is 0.355 e. The molecule has 1 aliphatic heterocycles. The molecule has 0 amide bonds. The van der Waals surface area contributed by atoms with E-state index in [2.05, 4.69) is 4.98 Å². The van der Waals surface area contributed by atoms with Gasteiger partial charge in [0.15, 0.2) is 17.7 Å². The van der Waals surface area contributed by atoms with Crippen LogP contribution < -0.4 is 0 Å². The standard InChI is InChI=1S/C16H15NO7/c1-7(18)8-6-23-15(21)11-10(8)12(19)13(16(11,2)22)24-14(20)9-4-3-5-17-9/h3-6,10-11,13,17,22H,1-2H3/t10-,11-,13+,16-/m1/s1. The van der Waals surface area contributed by atoms with Gasteiger partial charge in [-0.15, -0.1) is 0 Å². The summed E-state index contributed by atoms with van der Waals surface area (Å²) in [6.45, 7) is 2.44. The number of aliphatic hydroxyl groups is 1. The Morgan fingerprint density at radius 1 is 1.38 bits per heavy atom. The highest BCUT2D eigenvalue weighted by Gasteiger charge is 2.65. The largest absolute Gasteiger partial charge is 0.447 e. The lowest BCUT2D eigenvalue weighted by Crippen LogP contribution is -2.48. The fourth-order valence-corrected chi connectivity index (χ4v) is 3.20. The third-order valence-corrected chi connectivity index (χ3v) is 4.40. The summed E-state index contributed by atoms with van der Waals surface area (Å²) in [4.78, 5) is 51.1. The minimum atomic E-state index is -1.99. The molecule has 1 aromatic heterocycles. The maximum absolute atomic E-state index is 12.7. The second-order valence-electron chi connectivity index (χ2n) is 6.02. The molecule has 0 unspecified atom stereocenters. The second kappa shape index (κ2) is 5.41. The minimum Gasteiger partial charge on any atom is -0.447 e. The van der Waals surface area contributed by atoms with E-state index in [4.69, 9.17) is 9.47 Å². The van der Waals surface area contributed by atoms with Crippen molar-refractivity contribution in [3.8, 4) is 0 Å². The Balaban J connectivity index is 1.96. The molecular formula is C16H15NO7. The van der Waals surface area contributed by atoms with Crippen LogP contribution in [0.25, 0.3) is 0 Å². The van der Waals surface area contributed by atoms with Crippen molar-refractivity contribution in [2.45, 2.75) is 25.6 Å². The van der Waals surface area contributed by atoms with Gasteiger partial charge in [0.2, 0.25) is 0 Å². The summed E-state index contributed by atoms with van der Waals surface area (Å²) >= 11 is 0. The Kier molecular flexibility index (Phi) is 3.64. The van der Waals surface area contributed by atoms with Gasteiger partial charge in [-0.2, -0.15) is 0 Å². The fourth-order valence-electron chi connectivity index (χ4n) is 3.20. The van der Waals surface area contributed by atoms with E-state index in [1.54, 1.807) is 6.07 Å².